The average molecular weight is 380 g/mol. The summed E-state index contributed by atoms with van der Waals surface area (Å²) in [4.78, 5) is 12.0. The second kappa shape index (κ2) is 9.30. The predicted molar refractivity (Wildman–Crippen MR) is 95.7 cm³/mol. The molecule has 0 aliphatic rings. The molecule has 1 amide bonds. The van der Waals surface area contributed by atoms with E-state index in [1.165, 1.54) is 43.4 Å². The standard InChI is InChI=1S/C18H21FN2O4S/c1-20-26(23,24)17-10-4-14(5-11-17)13-21-18(22)3-2-12-25-16-8-6-15(19)7-9-16/h4-11,20H,2-3,12-13H2,1H3,(H,21,22). The molecule has 0 heterocycles. The van der Waals surface area contributed by atoms with Crippen molar-refractivity contribution in [3.05, 3.63) is 59.9 Å². The molecule has 0 bridgehead atoms. The highest BCUT2D eigenvalue weighted by Gasteiger charge is 2.10. The third-order valence-corrected chi connectivity index (χ3v) is 5.05. The Morgan fingerprint density at radius 2 is 1.73 bits per heavy atom. The molecule has 0 saturated carbocycles. The minimum atomic E-state index is -3.46. The number of rotatable bonds is 9. The Bertz CT molecular complexity index is 821. The molecule has 0 atom stereocenters. The molecule has 2 aromatic rings. The van der Waals surface area contributed by atoms with Crippen molar-refractivity contribution in [2.75, 3.05) is 13.7 Å². The fourth-order valence-electron chi connectivity index (χ4n) is 2.15. The highest BCUT2D eigenvalue weighted by atomic mass is 32.2. The number of sulfonamides is 1. The lowest BCUT2D eigenvalue weighted by Crippen LogP contribution is -2.23. The predicted octanol–water partition coefficient (Wildman–Crippen LogP) is 2.21. The van der Waals surface area contributed by atoms with Gasteiger partial charge in [-0.1, -0.05) is 12.1 Å². The van der Waals surface area contributed by atoms with Crippen molar-refractivity contribution in [3.8, 4) is 5.75 Å². The normalized spacial score (nSPS) is 11.2. The highest BCUT2D eigenvalue weighted by Crippen LogP contribution is 2.12. The van der Waals surface area contributed by atoms with Crippen LogP contribution in [0.4, 0.5) is 4.39 Å². The lowest BCUT2D eigenvalue weighted by Gasteiger charge is -2.08. The third kappa shape index (κ3) is 6.12. The van der Waals surface area contributed by atoms with Gasteiger partial charge in [-0.05, 0) is 55.4 Å². The molecule has 6 nitrogen and oxygen atoms in total. The molecule has 2 aromatic carbocycles. The smallest absolute Gasteiger partial charge is 0.240 e. The molecule has 0 aliphatic carbocycles. The second-order valence-corrected chi connectivity index (χ2v) is 7.42. The summed E-state index contributed by atoms with van der Waals surface area (Å²) < 4.78 is 43.7. The van der Waals surface area contributed by atoms with E-state index in [0.717, 1.165) is 5.56 Å². The van der Waals surface area contributed by atoms with Gasteiger partial charge >= 0.3 is 0 Å². The van der Waals surface area contributed by atoms with Crippen molar-refractivity contribution in [3.63, 3.8) is 0 Å². The summed E-state index contributed by atoms with van der Waals surface area (Å²) in [5.41, 5.74) is 0.802. The van der Waals surface area contributed by atoms with Gasteiger partial charge in [0.2, 0.25) is 15.9 Å². The monoisotopic (exact) mass is 380 g/mol. The second-order valence-electron chi connectivity index (χ2n) is 5.53. The van der Waals surface area contributed by atoms with Crippen LogP contribution in [0, 0.1) is 5.82 Å². The van der Waals surface area contributed by atoms with Crippen LogP contribution in [0.15, 0.2) is 53.4 Å². The van der Waals surface area contributed by atoms with Crippen molar-refractivity contribution in [2.45, 2.75) is 24.3 Å². The molecular weight excluding hydrogens is 359 g/mol. The fourth-order valence-corrected chi connectivity index (χ4v) is 2.88. The van der Waals surface area contributed by atoms with E-state index in [1.54, 1.807) is 12.1 Å². The molecule has 0 aromatic heterocycles. The lowest BCUT2D eigenvalue weighted by molar-refractivity contribution is -0.121. The number of nitrogens with one attached hydrogen (secondary N) is 2. The van der Waals surface area contributed by atoms with Crippen molar-refractivity contribution in [1.29, 1.82) is 0 Å². The summed E-state index contributed by atoms with van der Waals surface area (Å²) in [6, 6.07) is 12.0. The van der Waals surface area contributed by atoms with Gasteiger partial charge in [0, 0.05) is 13.0 Å². The Hall–Kier alpha value is -2.45. The van der Waals surface area contributed by atoms with Crippen LogP contribution >= 0.6 is 0 Å². The maximum absolute atomic E-state index is 12.8. The maximum atomic E-state index is 12.8. The Balaban J connectivity index is 1.69. The third-order valence-electron chi connectivity index (χ3n) is 3.62. The number of amides is 1. The SMILES string of the molecule is CNS(=O)(=O)c1ccc(CNC(=O)CCCOc2ccc(F)cc2)cc1. The van der Waals surface area contributed by atoms with Crippen LogP contribution in [0.5, 0.6) is 5.75 Å². The quantitative estimate of drug-likeness (QED) is 0.653. The fraction of sp³-hybridized carbons (Fsp3) is 0.278. The van der Waals surface area contributed by atoms with Gasteiger partial charge in [-0.15, -0.1) is 0 Å². The zero-order valence-electron chi connectivity index (χ0n) is 14.4. The van der Waals surface area contributed by atoms with Gasteiger partial charge in [-0.25, -0.2) is 17.5 Å². The van der Waals surface area contributed by atoms with E-state index in [1.807, 2.05) is 0 Å². The molecular formula is C18H21FN2O4S. The van der Waals surface area contributed by atoms with Crippen LogP contribution in [-0.4, -0.2) is 28.0 Å². The molecule has 0 radical (unpaired) electrons. The zero-order valence-corrected chi connectivity index (χ0v) is 15.2. The zero-order chi connectivity index (χ0) is 19.0. The molecule has 0 unspecified atom stereocenters. The molecule has 8 heteroatoms. The first-order valence-corrected chi connectivity index (χ1v) is 9.56. The van der Waals surface area contributed by atoms with Crippen molar-refractivity contribution >= 4 is 15.9 Å². The number of hydrogen-bond donors (Lipinski definition) is 2. The number of ether oxygens (including phenoxy) is 1. The van der Waals surface area contributed by atoms with Crippen LogP contribution in [-0.2, 0) is 21.4 Å². The number of carbonyl (C=O) groups excluding carboxylic acids is 1. The van der Waals surface area contributed by atoms with Gasteiger partial charge in [0.15, 0.2) is 0 Å². The van der Waals surface area contributed by atoms with Crippen molar-refractivity contribution < 1.29 is 22.3 Å². The summed E-state index contributed by atoms with van der Waals surface area (Å²) >= 11 is 0. The number of carbonyl (C=O) groups is 1. The van der Waals surface area contributed by atoms with Gasteiger partial charge < -0.3 is 10.1 Å². The van der Waals surface area contributed by atoms with Gasteiger partial charge in [0.05, 0.1) is 11.5 Å². The Labute approximate surface area is 152 Å². The number of hydrogen-bond acceptors (Lipinski definition) is 4. The average Bonchev–Trinajstić information content (AvgIpc) is 2.65. The molecule has 0 fully saturated rings. The minimum absolute atomic E-state index is 0.125. The van der Waals surface area contributed by atoms with E-state index in [9.17, 15) is 17.6 Å². The molecule has 0 saturated heterocycles. The van der Waals surface area contributed by atoms with E-state index in [4.69, 9.17) is 4.74 Å². The molecule has 0 aliphatic heterocycles. The van der Waals surface area contributed by atoms with Gasteiger partial charge in [0.25, 0.3) is 0 Å². The summed E-state index contributed by atoms with van der Waals surface area (Å²) in [5, 5.41) is 2.77. The first-order chi connectivity index (χ1) is 12.4. The van der Waals surface area contributed by atoms with Crippen LogP contribution in [0.2, 0.25) is 0 Å². The minimum Gasteiger partial charge on any atom is -0.494 e. The number of benzene rings is 2. The summed E-state index contributed by atoms with van der Waals surface area (Å²) in [6.45, 7) is 0.674. The molecule has 140 valence electrons. The van der Waals surface area contributed by atoms with Crippen LogP contribution in [0.3, 0.4) is 0 Å². The van der Waals surface area contributed by atoms with Crippen molar-refractivity contribution in [1.82, 2.24) is 10.0 Å². The molecule has 26 heavy (non-hydrogen) atoms. The number of halogens is 1. The van der Waals surface area contributed by atoms with Crippen molar-refractivity contribution in [2.24, 2.45) is 0 Å². The topological polar surface area (TPSA) is 84.5 Å². The first kappa shape index (κ1) is 19.9. The van der Waals surface area contributed by atoms with Crippen LogP contribution in [0.25, 0.3) is 0 Å². The van der Waals surface area contributed by atoms with E-state index >= 15 is 0 Å². The van der Waals surface area contributed by atoms with E-state index in [2.05, 4.69) is 10.0 Å². The largest absolute Gasteiger partial charge is 0.494 e. The summed E-state index contributed by atoms with van der Waals surface area (Å²) in [6.07, 6.45) is 0.829. The van der Waals surface area contributed by atoms with Crippen LogP contribution < -0.4 is 14.8 Å². The van der Waals surface area contributed by atoms with E-state index in [0.29, 0.717) is 31.7 Å². The van der Waals surface area contributed by atoms with E-state index in [-0.39, 0.29) is 16.6 Å². The Morgan fingerprint density at radius 3 is 2.35 bits per heavy atom. The highest BCUT2D eigenvalue weighted by molar-refractivity contribution is 7.89. The maximum Gasteiger partial charge on any atom is 0.240 e. The van der Waals surface area contributed by atoms with Gasteiger partial charge in [-0.2, -0.15) is 0 Å². The van der Waals surface area contributed by atoms with Gasteiger partial charge in [0.1, 0.15) is 11.6 Å². The Morgan fingerprint density at radius 1 is 1.08 bits per heavy atom. The molecule has 2 rings (SSSR count). The lowest BCUT2D eigenvalue weighted by atomic mass is 10.2. The van der Waals surface area contributed by atoms with Gasteiger partial charge in [-0.3, -0.25) is 4.79 Å². The van der Waals surface area contributed by atoms with Crippen LogP contribution in [0.1, 0.15) is 18.4 Å². The molecule has 0 spiro atoms. The Kier molecular flexibility index (Phi) is 7.11. The first-order valence-electron chi connectivity index (χ1n) is 8.08. The summed E-state index contributed by atoms with van der Waals surface area (Å²) in [5.74, 6) is 0.108. The summed E-state index contributed by atoms with van der Waals surface area (Å²) in [7, 11) is -2.11. The molecule has 2 N–H and O–H groups in total. The van der Waals surface area contributed by atoms with E-state index < -0.39 is 10.0 Å².